The van der Waals surface area contributed by atoms with Crippen molar-refractivity contribution in [2.75, 3.05) is 11.4 Å². The Hall–Kier alpha value is -1.68. The Morgan fingerprint density at radius 3 is 2.85 bits per heavy atom. The number of para-hydroxylation sites is 1. The van der Waals surface area contributed by atoms with Crippen molar-refractivity contribution >= 4 is 23.4 Å². The molecule has 2 heterocycles. The Bertz CT molecular complexity index is 635. The fourth-order valence-electron chi connectivity index (χ4n) is 2.38. The maximum atomic E-state index is 12.7. The van der Waals surface area contributed by atoms with Gasteiger partial charge in [-0.2, -0.15) is 0 Å². The van der Waals surface area contributed by atoms with Gasteiger partial charge in [-0.3, -0.25) is 4.79 Å². The summed E-state index contributed by atoms with van der Waals surface area (Å²) in [5.74, 6) is 1.12. The van der Waals surface area contributed by atoms with Gasteiger partial charge in [0.1, 0.15) is 5.76 Å². The lowest BCUT2D eigenvalue weighted by molar-refractivity contribution is 0.0958. The largest absolute Gasteiger partial charge is 0.456 e. The predicted molar refractivity (Wildman–Crippen MR) is 81.5 cm³/mol. The number of benzene rings is 1. The van der Waals surface area contributed by atoms with Crippen LogP contribution in [0.1, 0.15) is 29.7 Å². The molecule has 2 aromatic rings. The molecule has 0 radical (unpaired) electrons. The monoisotopic (exact) mass is 287 g/mol. The summed E-state index contributed by atoms with van der Waals surface area (Å²) >= 11 is 1.83. The third-order valence-corrected chi connectivity index (χ3v) is 4.68. The van der Waals surface area contributed by atoms with Gasteiger partial charge in [0.25, 0.3) is 5.91 Å². The van der Waals surface area contributed by atoms with Crippen LogP contribution in [0.5, 0.6) is 0 Å². The van der Waals surface area contributed by atoms with E-state index in [9.17, 15) is 4.79 Å². The van der Waals surface area contributed by atoms with Gasteiger partial charge >= 0.3 is 0 Å². The van der Waals surface area contributed by atoms with E-state index < -0.39 is 0 Å². The minimum absolute atomic E-state index is 0.0553. The second-order valence-electron chi connectivity index (χ2n) is 5.05. The number of anilines is 1. The van der Waals surface area contributed by atoms with E-state index in [1.807, 2.05) is 47.9 Å². The number of nitrogens with zero attached hydrogens (tertiary/aromatic N) is 1. The van der Waals surface area contributed by atoms with E-state index in [4.69, 9.17) is 4.42 Å². The smallest absolute Gasteiger partial charge is 0.294 e. The van der Waals surface area contributed by atoms with Crippen LogP contribution in [0.15, 0.2) is 45.7 Å². The molecule has 1 aromatic carbocycles. The lowest BCUT2D eigenvalue weighted by atomic mass is 10.2. The van der Waals surface area contributed by atoms with Gasteiger partial charge in [0.2, 0.25) is 0 Å². The summed E-state index contributed by atoms with van der Waals surface area (Å²) in [5, 5.41) is 0.507. The summed E-state index contributed by atoms with van der Waals surface area (Å²) in [7, 11) is 0. The SMILES string of the molecule is Cc1ccc(C(=O)N2CCC(C)Sc3ccccc32)o1. The molecular weight excluding hydrogens is 270 g/mol. The first-order valence-corrected chi connectivity index (χ1v) is 7.67. The molecule has 0 aliphatic carbocycles. The Kier molecular flexibility index (Phi) is 3.57. The molecule has 1 atom stereocenters. The van der Waals surface area contributed by atoms with Crippen molar-refractivity contribution < 1.29 is 9.21 Å². The first-order valence-electron chi connectivity index (χ1n) is 6.79. The Morgan fingerprint density at radius 1 is 1.30 bits per heavy atom. The van der Waals surface area contributed by atoms with Crippen molar-refractivity contribution in [3.05, 3.63) is 47.9 Å². The first-order chi connectivity index (χ1) is 9.65. The maximum Gasteiger partial charge on any atom is 0.294 e. The molecule has 0 N–H and O–H groups in total. The minimum Gasteiger partial charge on any atom is -0.456 e. The van der Waals surface area contributed by atoms with E-state index in [0.29, 0.717) is 11.0 Å². The van der Waals surface area contributed by atoms with Gasteiger partial charge in [-0.15, -0.1) is 11.8 Å². The number of hydrogen-bond donors (Lipinski definition) is 0. The molecule has 104 valence electrons. The Morgan fingerprint density at radius 2 is 2.10 bits per heavy atom. The summed E-state index contributed by atoms with van der Waals surface area (Å²) in [6, 6.07) is 11.7. The molecule has 1 unspecified atom stereocenters. The first kappa shape index (κ1) is 13.3. The average molecular weight is 287 g/mol. The van der Waals surface area contributed by atoms with Crippen molar-refractivity contribution in [3.8, 4) is 0 Å². The van der Waals surface area contributed by atoms with Crippen molar-refractivity contribution in [1.29, 1.82) is 0 Å². The minimum atomic E-state index is -0.0553. The number of carbonyl (C=O) groups excluding carboxylic acids is 1. The number of hydrogen-bond acceptors (Lipinski definition) is 3. The molecule has 4 heteroatoms. The van der Waals surface area contributed by atoms with Crippen molar-refractivity contribution in [2.45, 2.75) is 30.4 Å². The van der Waals surface area contributed by atoms with E-state index >= 15 is 0 Å². The number of fused-ring (bicyclic) bond motifs is 1. The number of aryl methyl sites for hydroxylation is 1. The van der Waals surface area contributed by atoms with E-state index in [0.717, 1.165) is 29.3 Å². The summed E-state index contributed by atoms with van der Waals surface area (Å²) in [5.41, 5.74) is 0.987. The molecule has 0 spiro atoms. The molecule has 1 aliphatic rings. The highest BCUT2D eigenvalue weighted by molar-refractivity contribution is 8.00. The molecule has 1 aromatic heterocycles. The summed E-state index contributed by atoms with van der Waals surface area (Å²) in [6.07, 6.45) is 0.977. The number of furan rings is 1. The zero-order valence-electron chi connectivity index (χ0n) is 11.6. The lowest BCUT2D eigenvalue weighted by Gasteiger charge is -2.21. The van der Waals surface area contributed by atoms with E-state index in [-0.39, 0.29) is 5.91 Å². The van der Waals surface area contributed by atoms with Crippen LogP contribution in [-0.2, 0) is 0 Å². The van der Waals surface area contributed by atoms with Crippen LogP contribution in [-0.4, -0.2) is 17.7 Å². The molecular formula is C16H17NO2S. The standard InChI is InChI=1S/C16H17NO2S/c1-11-7-8-14(19-11)16(18)17-10-9-12(2)20-15-6-4-3-5-13(15)17/h3-8,12H,9-10H2,1-2H3. The van der Waals surface area contributed by atoms with Gasteiger partial charge in [-0.05, 0) is 37.6 Å². The summed E-state index contributed by atoms with van der Waals surface area (Å²) < 4.78 is 5.48. The maximum absolute atomic E-state index is 12.7. The second-order valence-corrected chi connectivity index (χ2v) is 6.53. The zero-order valence-corrected chi connectivity index (χ0v) is 12.4. The van der Waals surface area contributed by atoms with Gasteiger partial charge in [0.05, 0.1) is 5.69 Å². The molecule has 1 amide bonds. The van der Waals surface area contributed by atoms with Gasteiger partial charge in [0.15, 0.2) is 5.76 Å². The highest BCUT2D eigenvalue weighted by Gasteiger charge is 2.26. The molecule has 3 rings (SSSR count). The van der Waals surface area contributed by atoms with E-state index in [2.05, 4.69) is 13.0 Å². The highest BCUT2D eigenvalue weighted by atomic mass is 32.2. The zero-order chi connectivity index (χ0) is 14.1. The number of rotatable bonds is 1. The van der Waals surface area contributed by atoms with Gasteiger partial charge in [-0.25, -0.2) is 0 Å². The number of thioether (sulfide) groups is 1. The third-order valence-electron chi connectivity index (χ3n) is 3.44. The van der Waals surface area contributed by atoms with Gasteiger partial charge in [-0.1, -0.05) is 19.1 Å². The summed E-state index contributed by atoms with van der Waals surface area (Å²) in [6.45, 7) is 4.78. The molecule has 3 nitrogen and oxygen atoms in total. The van der Waals surface area contributed by atoms with Crippen LogP contribution in [0.25, 0.3) is 0 Å². The molecule has 20 heavy (non-hydrogen) atoms. The van der Waals surface area contributed by atoms with Crippen LogP contribution in [0.4, 0.5) is 5.69 Å². The van der Waals surface area contributed by atoms with Gasteiger partial charge in [0, 0.05) is 16.7 Å². The second kappa shape index (κ2) is 5.37. The van der Waals surface area contributed by atoms with Crippen molar-refractivity contribution in [3.63, 3.8) is 0 Å². The van der Waals surface area contributed by atoms with Crippen LogP contribution in [0, 0.1) is 6.92 Å². The number of amides is 1. The van der Waals surface area contributed by atoms with Crippen LogP contribution in [0.3, 0.4) is 0 Å². The van der Waals surface area contributed by atoms with E-state index in [1.54, 1.807) is 6.07 Å². The van der Waals surface area contributed by atoms with Crippen LogP contribution in [0.2, 0.25) is 0 Å². The lowest BCUT2D eigenvalue weighted by Crippen LogP contribution is -2.31. The van der Waals surface area contributed by atoms with Crippen LogP contribution < -0.4 is 4.90 Å². The average Bonchev–Trinajstić information content (AvgIpc) is 2.79. The fourth-order valence-corrected chi connectivity index (χ4v) is 3.49. The van der Waals surface area contributed by atoms with Gasteiger partial charge < -0.3 is 9.32 Å². The topological polar surface area (TPSA) is 33.5 Å². The van der Waals surface area contributed by atoms with Crippen molar-refractivity contribution in [2.24, 2.45) is 0 Å². The highest BCUT2D eigenvalue weighted by Crippen LogP contribution is 2.37. The van der Waals surface area contributed by atoms with E-state index in [1.165, 1.54) is 0 Å². The van der Waals surface area contributed by atoms with Crippen molar-refractivity contribution in [1.82, 2.24) is 0 Å². The normalized spacial score (nSPS) is 18.5. The fraction of sp³-hybridized carbons (Fsp3) is 0.312. The third kappa shape index (κ3) is 2.48. The molecule has 0 saturated carbocycles. The predicted octanol–water partition coefficient (Wildman–Crippen LogP) is 4.12. The molecule has 0 bridgehead atoms. The molecule has 0 fully saturated rings. The summed E-state index contributed by atoms with van der Waals surface area (Å²) in [4.78, 5) is 15.7. The number of carbonyl (C=O) groups is 1. The quantitative estimate of drug-likeness (QED) is 0.791. The molecule has 1 aliphatic heterocycles. The van der Waals surface area contributed by atoms with Crippen LogP contribution >= 0.6 is 11.8 Å². The Labute approximate surface area is 123 Å². The molecule has 0 saturated heterocycles. The Balaban J connectivity index is 1.99.